The van der Waals surface area contributed by atoms with Gasteiger partial charge in [0.05, 0.1) is 11.3 Å². The van der Waals surface area contributed by atoms with Gasteiger partial charge in [-0.3, -0.25) is 0 Å². The molecule has 90 valence electrons. The lowest BCUT2D eigenvalue weighted by Gasteiger charge is -2.09. The average molecular weight is 242 g/mol. The third-order valence-electron chi connectivity index (χ3n) is 2.35. The Kier molecular flexibility index (Phi) is 3.11. The molecule has 0 bridgehead atoms. The van der Waals surface area contributed by atoms with Gasteiger partial charge in [0.15, 0.2) is 5.82 Å². The van der Waals surface area contributed by atoms with Crippen LogP contribution in [0.3, 0.4) is 0 Å². The standard InChI is InChI=1S/C13H11FN4/c1-8-2-10(14)5-11(3-8)18-13-12(16)4-9(6-15)7-17-13/h2-5,7H,16H2,1H3,(H,17,18). The van der Waals surface area contributed by atoms with E-state index in [1.807, 2.05) is 6.07 Å². The van der Waals surface area contributed by atoms with Gasteiger partial charge >= 0.3 is 0 Å². The van der Waals surface area contributed by atoms with Gasteiger partial charge in [0.25, 0.3) is 0 Å². The summed E-state index contributed by atoms with van der Waals surface area (Å²) < 4.78 is 13.2. The highest BCUT2D eigenvalue weighted by Crippen LogP contribution is 2.22. The Hall–Kier alpha value is -2.61. The van der Waals surface area contributed by atoms with E-state index in [2.05, 4.69) is 10.3 Å². The van der Waals surface area contributed by atoms with Crippen LogP contribution in [0.5, 0.6) is 0 Å². The Morgan fingerprint density at radius 2 is 2.11 bits per heavy atom. The molecule has 0 unspecified atom stereocenters. The molecule has 3 N–H and O–H groups in total. The summed E-state index contributed by atoms with van der Waals surface area (Å²) in [6, 6.07) is 8.03. The van der Waals surface area contributed by atoms with Crippen LogP contribution in [-0.2, 0) is 0 Å². The van der Waals surface area contributed by atoms with E-state index in [4.69, 9.17) is 11.0 Å². The maximum atomic E-state index is 13.2. The molecule has 2 rings (SSSR count). The Labute approximate surface area is 104 Å². The Bertz CT molecular complexity index is 611. The highest BCUT2D eigenvalue weighted by molar-refractivity contribution is 5.69. The topological polar surface area (TPSA) is 74.7 Å². The summed E-state index contributed by atoms with van der Waals surface area (Å²) in [6.45, 7) is 1.80. The van der Waals surface area contributed by atoms with E-state index in [9.17, 15) is 4.39 Å². The Morgan fingerprint density at radius 1 is 1.33 bits per heavy atom. The summed E-state index contributed by atoms with van der Waals surface area (Å²) in [5.41, 5.74) is 7.84. The predicted octanol–water partition coefficient (Wildman–Crippen LogP) is 2.73. The van der Waals surface area contributed by atoms with Gasteiger partial charge in [-0.1, -0.05) is 0 Å². The van der Waals surface area contributed by atoms with Crippen molar-refractivity contribution in [2.24, 2.45) is 0 Å². The Morgan fingerprint density at radius 3 is 2.72 bits per heavy atom. The zero-order valence-electron chi connectivity index (χ0n) is 9.74. The molecule has 5 heteroatoms. The number of hydrogen-bond donors (Lipinski definition) is 2. The van der Waals surface area contributed by atoms with Crippen LogP contribution in [0.2, 0.25) is 0 Å². The third kappa shape index (κ3) is 2.55. The number of pyridine rings is 1. The van der Waals surface area contributed by atoms with Gasteiger partial charge in [0, 0.05) is 11.9 Å². The number of aryl methyl sites for hydroxylation is 1. The molecule has 0 amide bonds. The van der Waals surface area contributed by atoms with Crippen LogP contribution >= 0.6 is 0 Å². The first kappa shape index (κ1) is 11.9. The van der Waals surface area contributed by atoms with Gasteiger partial charge < -0.3 is 11.1 Å². The number of nitrogens with zero attached hydrogens (tertiary/aromatic N) is 2. The van der Waals surface area contributed by atoms with Crippen molar-refractivity contribution in [1.29, 1.82) is 5.26 Å². The highest BCUT2D eigenvalue weighted by Gasteiger charge is 2.04. The molecule has 0 saturated carbocycles. The zero-order valence-corrected chi connectivity index (χ0v) is 9.74. The number of benzene rings is 1. The van der Waals surface area contributed by atoms with Crippen LogP contribution in [-0.4, -0.2) is 4.98 Å². The van der Waals surface area contributed by atoms with Crippen molar-refractivity contribution in [2.75, 3.05) is 11.1 Å². The normalized spacial score (nSPS) is 9.83. The van der Waals surface area contributed by atoms with E-state index in [1.54, 1.807) is 13.0 Å². The molecule has 0 saturated heterocycles. The van der Waals surface area contributed by atoms with E-state index in [1.165, 1.54) is 24.4 Å². The van der Waals surface area contributed by atoms with Gasteiger partial charge in [0.2, 0.25) is 0 Å². The van der Waals surface area contributed by atoms with Gasteiger partial charge in [-0.15, -0.1) is 0 Å². The number of nitrogen functional groups attached to an aromatic ring is 1. The SMILES string of the molecule is Cc1cc(F)cc(Nc2ncc(C#N)cc2N)c1. The number of anilines is 3. The van der Waals surface area contributed by atoms with Gasteiger partial charge in [-0.05, 0) is 36.8 Å². The molecule has 0 fully saturated rings. The van der Waals surface area contributed by atoms with Crippen LogP contribution in [0.1, 0.15) is 11.1 Å². The van der Waals surface area contributed by atoms with Crippen LogP contribution in [0.4, 0.5) is 21.6 Å². The van der Waals surface area contributed by atoms with E-state index < -0.39 is 0 Å². The van der Waals surface area contributed by atoms with E-state index in [-0.39, 0.29) is 5.82 Å². The lowest BCUT2D eigenvalue weighted by atomic mass is 10.2. The second-order valence-electron chi connectivity index (χ2n) is 3.92. The van der Waals surface area contributed by atoms with Gasteiger partial charge in [-0.2, -0.15) is 5.26 Å². The van der Waals surface area contributed by atoms with E-state index in [0.29, 0.717) is 22.8 Å². The summed E-state index contributed by atoms with van der Waals surface area (Å²) in [5.74, 6) is 0.0729. The highest BCUT2D eigenvalue weighted by atomic mass is 19.1. The molecule has 18 heavy (non-hydrogen) atoms. The molecule has 0 radical (unpaired) electrons. The zero-order chi connectivity index (χ0) is 13.1. The minimum Gasteiger partial charge on any atom is -0.396 e. The number of nitrogens with two attached hydrogens (primary N) is 1. The maximum absolute atomic E-state index is 13.2. The van der Waals surface area contributed by atoms with Crippen molar-refractivity contribution in [2.45, 2.75) is 6.92 Å². The van der Waals surface area contributed by atoms with Gasteiger partial charge in [-0.25, -0.2) is 9.37 Å². The molecular weight excluding hydrogens is 231 g/mol. The fourth-order valence-electron chi connectivity index (χ4n) is 1.59. The number of hydrogen-bond acceptors (Lipinski definition) is 4. The fourth-order valence-corrected chi connectivity index (χ4v) is 1.59. The molecule has 0 atom stereocenters. The number of nitrogens with one attached hydrogen (secondary N) is 1. The summed E-state index contributed by atoms with van der Waals surface area (Å²) in [4.78, 5) is 4.02. The van der Waals surface area contributed by atoms with Crippen molar-refractivity contribution in [3.05, 3.63) is 47.4 Å². The Balaban J connectivity index is 2.31. The summed E-state index contributed by atoms with van der Waals surface area (Å²) >= 11 is 0. The number of rotatable bonds is 2. The average Bonchev–Trinajstić information content (AvgIpc) is 2.30. The molecule has 0 aliphatic heterocycles. The van der Waals surface area contributed by atoms with Crippen LogP contribution < -0.4 is 11.1 Å². The van der Waals surface area contributed by atoms with Crippen molar-refractivity contribution in [3.63, 3.8) is 0 Å². The lowest BCUT2D eigenvalue weighted by molar-refractivity contribution is 0.627. The minimum atomic E-state index is -0.329. The number of nitriles is 1. The number of aromatic nitrogens is 1. The summed E-state index contributed by atoms with van der Waals surface area (Å²) in [5, 5.41) is 11.6. The monoisotopic (exact) mass is 242 g/mol. The smallest absolute Gasteiger partial charge is 0.153 e. The molecular formula is C13H11FN4. The van der Waals surface area contributed by atoms with Crippen molar-refractivity contribution >= 4 is 17.2 Å². The summed E-state index contributed by atoms with van der Waals surface area (Å²) in [7, 11) is 0. The van der Waals surface area contributed by atoms with Crippen LogP contribution in [0.15, 0.2) is 30.5 Å². The van der Waals surface area contributed by atoms with Crippen LogP contribution in [0, 0.1) is 24.1 Å². The van der Waals surface area contributed by atoms with Crippen LogP contribution in [0.25, 0.3) is 0 Å². The maximum Gasteiger partial charge on any atom is 0.153 e. The van der Waals surface area contributed by atoms with Crippen molar-refractivity contribution in [1.82, 2.24) is 4.98 Å². The third-order valence-corrected chi connectivity index (χ3v) is 2.35. The molecule has 2 aromatic rings. The predicted molar refractivity (Wildman–Crippen MR) is 67.8 cm³/mol. The second-order valence-corrected chi connectivity index (χ2v) is 3.92. The molecule has 0 aliphatic carbocycles. The first-order chi connectivity index (χ1) is 8.58. The second kappa shape index (κ2) is 4.72. The lowest BCUT2D eigenvalue weighted by Crippen LogP contribution is -2.00. The molecule has 4 nitrogen and oxygen atoms in total. The minimum absolute atomic E-state index is 0.329. The molecule has 0 aliphatic rings. The summed E-state index contributed by atoms with van der Waals surface area (Å²) in [6.07, 6.45) is 1.41. The molecule has 1 heterocycles. The molecule has 1 aromatic heterocycles. The fraction of sp³-hybridized carbons (Fsp3) is 0.0769. The van der Waals surface area contributed by atoms with Crippen molar-refractivity contribution < 1.29 is 4.39 Å². The van der Waals surface area contributed by atoms with E-state index >= 15 is 0 Å². The first-order valence-electron chi connectivity index (χ1n) is 5.28. The quantitative estimate of drug-likeness (QED) is 0.849. The van der Waals surface area contributed by atoms with Crippen molar-refractivity contribution in [3.8, 4) is 6.07 Å². The largest absolute Gasteiger partial charge is 0.396 e. The van der Waals surface area contributed by atoms with E-state index in [0.717, 1.165) is 5.56 Å². The first-order valence-corrected chi connectivity index (χ1v) is 5.28. The molecule has 0 spiro atoms. The molecule has 1 aromatic carbocycles. The van der Waals surface area contributed by atoms with Gasteiger partial charge in [0.1, 0.15) is 11.9 Å². The number of halogens is 1.